The van der Waals surface area contributed by atoms with Crippen molar-refractivity contribution in [3.05, 3.63) is 182 Å². The van der Waals surface area contributed by atoms with Crippen molar-refractivity contribution in [2.45, 2.75) is 0 Å². The molecule has 0 atom stereocenters. The number of benzene rings is 9. The third-order valence-corrected chi connectivity index (χ3v) is 11.3. The second-order valence-corrected chi connectivity index (χ2v) is 14.2. The van der Waals surface area contributed by atoms with E-state index in [4.69, 9.17) is 9.97 Å². The Balaban J connectivity index is 1.15. The summed E-state index contributed by atoms with van der Waals surface area (Å²) in [6.45, 7) is 0. The first-order valence-corrected chi connectivity index (χ1v) is 18.4. The van der Waals surface area contributed by atoms with Gasteiger partial charge >= 0.3 is 0 Å². The maximum Gasteiger partial charge on any atom is 0.235 e. The van der Waals surface area contributed by atoms with Crippen LogP contribution in [0.2, 0.25) is 0 Å². The second-order valence-electron chi connectivity index (χ2n) is 14.2. The summed E-state index contributed by atoms with van der Waals surface area (Å²) in [6, 6.07) is 65.5. The van der Waals surface area contributed by atoms with Crippen molar-refractivity contribution >= 4 is 86.8 Å². The number of hydrogen-bond acceptors (Lipinski definition) is 2. The van der Waals surface area contributed by atoms with Gasteiger partial charge in [0.25, 0.3) is 0 Å². The Morgan fingerprint density at radius 3 is 1.70 bits per heavy atom. The lowest BCUT2D eigenvalue weighted by Gasteiger charge is -2.13. The fourth-order valence-electron chi connectivity index (χ4n) is 8.88. The molecule has 0 fully saturated rings. The lowest BCUT2D eigenvalue weighted by atomic mass is 9.98. The number of aromatic nitrogens is 4. The van der Waals surface area contributed by atoms with Gasteiger partial charge in [-0.05, 0) is 80.8 Å². The van der Waals surface area contributed by atoms with E-state index in [1.54, 1.807) is 0 Å². The molecule has 0 unspecified atom stereocenters. The first kappa shape index (κ1) is 29.3. The zero-order chi connectivity index (χ0) is 35.3. The van der Waals surface area contributed by atoms with Crippen LogP contribution in [0.3, 0.4) is 0 Å². The third kappa shape index (κ3) is 4.13. The summed E-state index contributed by atoms with van der Waals surface area (Å²) in [4.78, 5) is 10.8. The number of fused-ring (bicyclic) bond motifs is 12. The zero-order valence-electron chi connectivity index (χ0n) is 29.1. The van der Waals surface area contributed by atoms with Gasteiger partial charge in [0.1, 0.15) is 0 Å². The van der Waals surface area contributed by atoms with Crippen LogP contribution >= 0.6 is 0 Å². The van der Waals surface area contributed by atoms with E-state index in [1.807, 2.05) is 0 Å². The van der Waals surface area contributed by atoms with Gasteiger partial charge < -0.3 is 4.57 Å². The fraction of sp³-hybridized carbons (Fsp3) is 0. The highest BCUT2D eigenvalue weighted by Crippen LogP contribution is 2.40. The second kappa shape index (κ2) is 11.1. The summed E-state index contributed by atoms with van der Waals surface area (Å²) < 4.78 is 4.66. The Kier molecular flexibility index (Phi) is 6.02. The molecule has 0 bridgehead atoms. The Morgan fingerprint density at radius 2 is 0.907 bits per heavy atom. The van der Waals surface area contributed by atoms with Crippen LogP contribution in [-0.4, -0.2) is 19.1 Å². The van der Waals surface area contributed by atoms with Crippen molar-refractivity contribution < 1.29 is 0 Å². The molecule has 0 aliphatic heterocycles. The predicted molar refractivity (Wildman–Crippen MR) is 226 cm³/mol. The quantitative estimate of drug-likeness (QED) is 0.173. The Labute approximate surface area is 309 Å². The minimum absolute atomic E-state index is 0.655. The molecule has 4 heteroatoms. The molecule has 0 radical (unpaired) electrons. The van der Waals surface area contributed by atoms with Crippen molar-refractivity contribution in [2.75, 3.05) is 0 Å². The van der Waals surface area contributed by atoms with Crippen LogP contribution in [-0.2, 0) is 0 Å². The van der Waals surface area contributed by atoms with E-state index in [9.17, 15) is 0 Å². The minimum Gasteiger partial charge on any atom is -0.309 e. The van der Waals surface area contributed by atoms with Gasteiger partial charge in [-0.15, -0.1) is 0 Å². The summed E-state index contributed by atoms with van der Waals surface area (Å²) in [5.74, 6) is 0.655. The average Bonchev–Trinajstić information content (AvgIpc) is 3.76. The number of hydrogen-bond donors (Lipinski definition) is 0. The van der Waals surface area contributed by atoms with Gasteiger partial charge in [0.2, 0.25) is 5.95 Å². The van der Waals surface area contributed by atoms with E-state index in [-0.39, 0.29) is 0 Å². The lowest BCUT2D eigenvalue weighted by Crippen LogP contribution is -2.03. The van der Waals surface area contributed by atoms with E-state index < -0.39 is 0 Å². The molecule has 12 aromatic rings. The first-order chi connectivity index (χ1) is 26.8. The molecule has 0 aliphatic carbocycles. The maximum absolute atomic E-state index is 5.46. The smallest absolute Gasteiger partial charge is 0.235 e. The van der Waals surface area contributed by atoms with E-state index in [0.29, 0.717) is 5.95 Å². The molecule has 0 spiro atoms. The number of rotatable bonds is 3. The monoisotopic (exact) mass is 686 g/mol. The molecule has 3 aromatic heterocycles. The largest absolute Gasteiger partial charge is 0.309 e. The van der Waals surface area contributed by atoms with Gasteiger partial charge in [-0.25, -0.2) is 9.97 Å². The standard InChI is InChI=1S/C50H30N4/c1-3-13-36-31(11-1)21-22-33-29-34(23-26-37(33)36)49-41-17-5-8-18-43(41)51-50(52-49)54-46-28-25-35(30-42(46)48-38-14-4-2-12-32(38)24-27-47(48)54)53-44-19-9-6-15-39(44)40-16-7-10-20-45(40)53/h1-30H. The molecule has 4 nitrogen and oxygen atoms in total. The summed E-state index contributed by atoms with van der Waals surface area (Å²) >= 11 is 0. The fourth-order valence-corrected chi connectivity index (χ4v) is 8.88. The highest BCUT2D eigenvalue weighted by atomic mass is 15.2. The number of para-hydroxylation sites is 3. The van der Waals surface area contributed by atoms with Crippen LogP contribution in [0, 0.1) is 0 Å². The van der Waals surface area contributed by atoms with Gasteiger partial charge in [-0.1, -0.05) is 133 Å². The van der Waals surface area contributed by atoms with Crippen LogP contribution in [0.5, 0.6) is 0 Å². The zero-order valence-corrected chi connectivity index (χ0v) is 29.1. The van der Waals surface area contributed by atoms with Crippen LogP contribution < -0.4 is 0 Å². The van der Waals surface area contributed by atoms with Crippen molar-refractivity contribution in [1.29, 1.82) is 0 Å². The molecule has 3 heterocycles. The van der Waals surface area contributed by atoms with E-state index >= 15 is 0 Å². The molecule has 54 heavy (non-hydrogen) atoms. The molecule has 0 aliphatic rings. The van der Waals surface area contributed by atoms with Gasteiger partial charge in [0.05, 0.1) is 33.3 Å². The molecular weight excluding hydrogens is 657 g/mol. The lowest BCUT2D eigenvalue weighted by molar-refractivity contribution is 1.01. The molecule has 12 rings (SSSR count). The molecule has 250 valence electrons. The van der Waals surface area contributed by atoms with Crippen molar-refractivity contribution in [2.24, 2.45) is 0 Å². The minimum atomic E-state index is 0.655. The molecule has 0 N–H and O–H groups in total. The first-order valence-electron chi connectivity index (χ1n) is 18.4. The van der Waals surface area contributed by atoms with Gasteiger partial charge in [0, 0.05) is 38.2 Å². The predicted octanol–water partition coefficient (Wildman–Crippen LogP) is 13.0. The maximum atomic E-state index is 5.46. The van der Waals surface area contributed by atoms with Gasteiger partial charge in [-0.2, -0.15) is 0 Å². The third-order valence-electron chi connectivity index (χ3n) is 11.3. The summed E-state index contributed by atoms with van der Waals surface area (Å²) in [5.41, 5.74) is 8.55. The molecule has 9 aromatic carbocycles. The van der Waals surface area contributed by atoms with Gasteiger partial charge in [0.15, 0.2) is 0 Å². The Bertz CT molecular complexity index is 3460. The summed E-state index contributed by atoms with van der Waals surface area (Å²) in [5, 5.41) is 13.2. The van der Waals surface area contributed by atoms with Gasteiger partial charge in [-0.3, -0.25) is 4.57 Å². The van der Waals surface area contributed by atoms with Crippen LogP contribution in [0.1, 0.15) is 0 Å². The van der Waals surface area contributed by atoms with Crippen molar-refractivity contribution in [1.82, 2.24) is 19.1 Å². The molecule has 0 amide bonds. The molecule has 0 saturated carbocycles. The SMILES string of the molecule is c1ccc2c(c1)ccc1cc(-c3nc(-n4c5ccc(-n6c7ccccc7c7ccccc76)cc5c5c6ccccc6ccc54)nc4ccccc34)ccc12. The van der Waals surface area contributed by atoms with Crippen LogP contribution in [0.4, 0.5) is 0 Å². The van der Waals surface area contributed by atoms with E-state index in [2.05, 4.69) is 191 Å². The van der Waals surface area contributed by atoms with Crippen LogP contribution in [0.15, 0.2) is 182 Å². The summed E-state index contributed by atoms with van der Waals surface area (Å²) in [6.07, 6.45) is 0. The highest BCUT2D eigenvalue weighted by molar-refractivity contribution is 6.22. The Hall–Kier alpha value is -7.30. The highest BCUT2D eigenvalue weighted by Gasteiger charge is 2.21. The summed E-state index contributed by atoms with van der Waals surface area (Å²) in [7, 11) is 0. The van der Waals surface area contributed by atoms with Crippen LogP contribution in [0.25, 0.3) is 110 Å². The van der Waals surface area contributed by atoms with E-state index in [0.717, 1.165) is 44.3 Å². The molecule has 0 saturated heterocycles. The normalized spacial score (nSPS) is 12.1. The van der Waals surface area contributed by atoms with Crippen molar-refractivity contribution in [3.8, 4) is 22.9 Å². The number of nitrogens with zero attached hydrogens (tertiary/aromatic N) is 4. The molecular formula is C50H30N4. The van der Waals surface area contributed by atoms with Crippen molar-refractivity contribution in [3.63, 3.8) is 0 Å². The topological polar surface area (TPSA) is 35.6 Å². The Morgan fingerprint density at radius 1 is 0.333 bits per heavy atom. The average molecular weight is 687 g/mol. The van der Waals surface area contributed by atoms with E-state index in [1.165, 1.54) is 59.5 Å².